The van der Waals surface area contributed by atoms with Crippen molar-refractivity contribution in [1.82, 2.24) is 14.9 Å². The molecule has 1 aromatic rings. The number of anilines is 1. The zero-order valence-electron chi connectivity index (χ0n) is 11.1. The molecule has 2 unspecified atom stereocenters. The molecule has 0 saturated carbocycles. The Kier molecular flexibility index (Phi) is 3.60. The van der Waals surface area contributed by atoms with E-state index in [9.17, 15) is 5.11 Å². The van der Waals surface area contributed by atoms with Crippen LogP contribution in [0.25, 0.3) is 0 Å². The number of rotatable bonds is 2. The third-order valence-corrected chi connectivity index (χ3v) is 4.80. The van der Waals surface area contributed by atoms with Crippen LogP contribution in [0, 0.1) is 0 Å². The summed E-state index contributed by atoms with van der Waals surface area (Å²) in [5.74, 6) is 0.795. The number of likely N-dealkylation sites (N-methyl/N-ethyl adjacent to an activating group) is 1. The molecule has 1 N–H and O–H groups in total. The van der Waals surface area contributed by atoms with Crippen LogP contribution in [-0.4, -0.2) is 52.2 Å². The summed E-state index contributed by atoms with van der Waals surface area (Å²) < 4.78 is 0. The fraction of sp³-hybridized carbons (Fsp3) is 0.692. The van der Waals surface area contributed by atoms with Crippen molar-refractivity contribution < 1.29 is 5.11 Å². The summed E-state index contributed by atoms with van der Waals surface area (Å²) in [6, 6.07) is 1.26. The number of halogens is 1. The van der Waals surface area contributed by atoms with Crippen LogP contribution in [0.1, 0.15) is 24.8 Å². The molecule has 3 rings (SSSR count). The maximum Gasteiger partial charge on any atom is 0.140 e. The van der Waals surface area contributed by atoms with E-state index in [1.54, 1.807) is 0 Å². The summed E-state index contributed by atoms with van der Waals surface area (Å²) in [4.78, 5) is 13.0. The van der Waals surface area contributed by atoms with Gasteiger partial charge in [0.2, 0.25) is 0 Å². The number of nitrogens with zero attached hydrogens (tertiary/aromatic N) is 4. The Morgan fingerprint density at radius 3 is 2.89 bits per heavy atom. The van der Waals surface area contributed by atoms with Crippen LogP contribution in [0.2, 0.25) is 5.15 Å². The molecule has 19 heavy (non-hydrogen) atoms. The van der Waals surface area contributed by atoms with Gasteiger partial charge in [-0.05, 0) is 26.3 Å². The standard InChI is InChI=1S/C13H19ClN4O/c1-17-9-2-3-10(17)6-18(5-4-9)13-11(7-19)12(14)15-8-16-13/h8-10,19H,2-7H2,1H3. The number of aliphatic hydroxyl groups is 1. The van der Waals surface area contributed by atoms with Gasteiger partial charge < -0.3 is 10.0 Å². The number of aromatic nitrogens is 2. The number of fused-ring (bicyclic) bond motifs is 2. The molecule has 0 amide bonds. The molecule has 2 aliphatic rings. The Morgan fingerprint density at radius 1 is 1.32 bits per heavy atom. The van der Waals surface area contributed by atoms with E-state index in [1.807, 2.05) is 0 Å². The highest BCUT2D eigenvalue weighted by molar-refractivity contribution is 6.30. The van der Waals surface area contributed by atoms with Gasteiger partial charge in [-0.1, -0.05) is 11.6 Å². The van der Waals surface area contributed by atoms with Crippen LogP contribution < -0.4 is 4.90 Å². The van der Waals surface area contributed by atoms with Crippen molar-refractivity contribution in [2.45, 2.75) is 38.0 Å². The van der Waals surface area contributed by atoms with Gasteiger partial charge in [0.15, 0.2) is 0 Å². The molecule has 5 nitrogen and oxygen atoms in total. The van der Waals surface area contributed by atoms with E-state index in [0.29, 0.717) is 22.8 Å². The van der Waals surface area contributed by atoms with Gasteiger partial charge in [0.1, 0.15) is 17.3 Å². The zero-order chi connectivity index (χ0) is 13.4. The predicted molar refractivity (Wildman–Crippen MR) is 74.4 cm³/mol. The van der Waals surface area contributed by atoms with E-state index in [2.05, 4.69) is 26.8 Å². The highest BCUT2D eigenvalue weighted by Crippen LogP contribution is 2.32. The van der Waals surface area contributed by atoms with Crippen LogP contribution in [-0.2, 0) is 6.61 Å². The third kappa shape index (κ3) is 2.30. The van der Waals surface area contributed by atoms with Gasteiger partial charge >= 0.3 is 0 Å². The zero-order valence-corrected chi connectivity index (χ0v) is 11.8. The average molecular weight is 283 g/mol. The van der Waals surface area contributed by atoms with Gasteiger partial charge in [-0.3, -0.25) is 4.90 Å². The highest BCUT2D eigenvalue weighted by atomic mass is 35.5. The van der Waals surface area contributed by atoms with Gasteiger partial charge in [-0.2, -0.15) is 0 Å². The second kappa shape index (κ2) is 5.23. The molecule has 6 heteroatoms. The summed E-state index contributed by atoms with van der Waals surface area (Å²) in [5, 5.41) is 9.84. The van der Waals surface area contributed by atoms with Gasteiger partial charge in [-0.25, -0.2) is 9.97 Å². The van der Waals surface area contributed by atoms with Crippen molar-refractivity contribution in [1.29, 1.82) is 0 Å². The third-order valence-electron chi connectivity index (χ3n) is 4.48. The van der Waals surface area contributed by atoms with Crippen molar-refractivity contribution in [2.75, 3.05) is 25.0 Å². The maximum atomic E-state index is 9.48. The SMILES string of the molecule is CN1C2CCC1CN(c1ncnc(Cl)c1CO)CC2. The van der Waals surface area contributed by atoms with Crippen LogP contribution in [0.3, 0.4) is 0 Å². The predicted octanol–water partition coefficient (Wildman–Crippen LogP) is 1.30. The molecule has 0 aromatic carbocycles. The summed E-state index contributed by atoms with van der Waals surface area (Å²) >= 11 is 6.05. The molecule has 2 bridgehead atoms. The van der Waals surface area contributed by atoms with Gasteiger partial charge in [0.05, 0.1) is 12.2 Å². The lowest BCUT2D eigenvalue weighted by atomic mass is 10.1. The molecular formula is C13H19ClN4O. The summed E-state index contributed by atoms with van der Waals surface area (Å²) in [5.41, 5.74) is 0.643. The Bertz CT molecular complexity index is 470. The largest absolute Gasteiger partial charge is 0.391 e. The molecule has 2 atom stereocenters. The quantitative estimate of drug-likeness (QED) is 0.829. The minimum absolute atomic E-state index is 0.116. The second-order valence-electron chi connectivity index (χ2n) is 5.41. The van der Waals surface area contributed by atoms with E-state index in [1.165, 1.54) is 19.2 Å². The molecule has 0 radical (unpaired) electrons. The van der Waals surface area contributed by atoms with Crippen molar-refractivity contribution in [2.24, 2.45) is 0 Å². The van der Waals surface area contributed by atoms with Crippen LogP contribution in [0.4, 0.5) is 5.82 Å². The van der Waals surface area contributed by atoms with Crippen LogP contribution >= 0.6 is 11.6 Å². The smallest absolute Gasteiger partial charge is 0.140 e. The van der Waals surface area contributed by atoms with Crippen molar-refractivity contribution in [3.63, 3.8) is 0 Å². The van der Waals surface area contributed by atoms with E-state index < -0.39 is 0 Å². The Labute approximate surface area is 118 Å². The van der Waals surface area contributed by atoms with Gasteiger partial charge in [0, 0.05) is 25.2 Å². The molecule has 2 saturated heterocycles. The summed E-state index contributed by atoms with van der Waals surface area (Å²) in [6.07, 6.45) is 5.15. The van der Waals surface area contributed by atoms with E-state index in [0.717, 1.165) is 25.3 Å². The molecule has 0 spiro atoms. The van der Waals surface area contributed by atoms with E-state index >= 15 is 0 Å². The topological polar surface area (TPSA) is 52.5 Å². The van der Waals surface area contributed by atoms with E-state index in [-0.39, 0.29) is 6.61 Å². The first-order valence-electron chi connectivity index (χ1n) is 6.78. The normalized spacial score (nSPS) is 27.6. The average Bonchev–Trinajstić information content (AvgIpc) is 2.63. The first kappa shape index (κ1) is 13.1. The van der Waals surface area contributed by atoms with Gasteiger partial charge in [-0.15, -0.1) is 0 Å². The van der Waals surface area contributed by atoms with Crippen LogP contribution in [0.5, 0.6) is 0 Å². The fourth-order valence-electron chi connectivity index (χ4n) is 3.29. The highest BCUT2D eigenvalue weighted by Gasteiger charge is 2.35. The lowest BCUT2D eigenvalue weighted by Crippen LogP contribution is -2.37. The molecule has 0 aliphatic carbocycles. The fourth-order valence-corrected chi connectivity index (χ4v) is 3.48. The molecule has 2 fully saturated rings. The number of hydrogen-bond donors (Lipinski definition) is 1. The number of hydrogen-bond acceptors (Lipinski definition) is 5. The first-order valence-corrected chi connectivity index (χ1v) is 7.15. The first-order chi connectivity index (χ1) is 9.20. The summed E-state index contributed by atoms with van der Waals surface area (Å²) in [6.45, 7) is 1.80. The Morgan fingerprint density at radius 2 is 2.11 bits per heavy atom. The molecule has 104 valence electrons. The van der Waals surface area contributed by atoms with Crippen molar-refractivity contribution in [3.8, 4) is 0 Å². The minimum atomic E-state index is -0.116. The number of aliphatic hydroxyl groups excluding tert-OH is 1. The Hall–Kier alpha value is -0.910. The lowest BCUT2D eigenvalue weighted by molar-refractivity contribution is 0.254. The maximum absolute atomic E-state index is 9.48. The summed E-state index contributed by atoms with van der Waals surface area (Å²) in [7, 11) is 2.21. The molecule has 3 heterocycles. The minimum Gasteiger partial charge on any atom is -0.391 e. The molecular weight excluding hydrogens is 264 g/mol. The second-order valence-corrected chi connectivity index (χ2v) is 5.77. The van der Waals surface area contributed by atoms with E-state index in [4.69, 9.17) is 11.6 Å². The monoisotopic (exact) mass is 282 g/mol. The van der Waals surface area contributed by atoms with Crippen molar-refractivity contribution in [3.05, 3.63) is 17.0 Å². The molecule has 2 aliphatic heterocycles. The van der Waals surface area contributed by atoms with Gasteiger partial charge in [0.25, 0.3) is 0 Å². The van der Waals surface area contributed by atoms with Crippen molar-refractivity contribution >= 4 is 17.4 Å². The van der Waals surface area contributed by atoms with Crippen LogP contribution in [0.15, 0.2) is 6.33 Å². The Balaban J connectivity index is 1.89. The lowest BCUT2D eigenvalue weighted by Gasteiger charge is -2.28. The molecule has 1 aromatic heterocycles.